The Bertz CT molecular complexity index is 702. The molecule has 124 valence electrons. The molecule has 2 rings (SSSR count). The molecule has 23 heavy (non-hydrogen) atoms. The van der Waals surface area contributed by atoms with Crippen molar-refractivity contribution in [2.24, 2.45) is 5.73 Å². The number of amides is 2. The maximum absolute atomic E-state index is 12.2. The second kappa shape index (κ2) is 7.28. The Balaban J connectivity index is 2.19. The number of nitrogens with one attached hydrogen (secondary N) is 1. The number of hydrogen-bond acceptors (Lipinski definition) is 3. The predicted molar refractivity (Wildman–Crippen MR) is 92.1 cm³/mol. The van der Waals surface area contributed by atoms with Gasteiger partial charge in [0.2, 0.25) is 11.8 Å². The van der Waals surface area contributed by atoms with E-state index in [0.717, 1.165) is 10.9 Å². The average Bonchev–Trinajstić information content (AvgIpc) is 2.90. The molecule has 0 spiro atoms. The smallest absolute Gasteiger partial charge is 0.242 e. The third-order valence-electron chi connectivity index (χ3n) is 3.87. The van der Waals surface area contributed by atoms with Crippen molar-refractivity contribution < 1.29 is 9.59 Å². The summed E-state index contributed by atoms with van der Waals surface area (Å²) in [5.74, 6) is -0.123. The zero-order valence-corrected chi connectivity index (χ0v) is 13.9. The van der Waals surface area contributed by atoms with Crippen LogP contribution in [0.5, 0.6) is 0 Å². The SMILES string of the molecule is CCN(CC)C(=O)Cn1ccc2cc(NC(=O)[C@@H](C)N)ccc21. The van der Waals surface area contributed by atoms with Crippen molar-refractivity contribution in [1.29, 1.82) is 0 Å². The highest BCUT2D eigenvalue weighted by molar-refractivity contribution is 5.96. The zero-order valence-electron chi connectivity index (χ0n) is 13.9. The van der Waals surface area contributed by atoms with Gasteiger partial charge in [-0.15, -0.1) is 0 Å². The molecule has 3 N–H and O–H groups in total. The number of likely N-dealkylation sites (N-methyl/N-ethyl adjacent to an activating group) is 1. The third-order valence-corrected chi connectivity index (χ3v) is 3.87. The molecular weight excluding hydrogens is 292 g/mol. The Morgan fingerprint density at radius 3 is 2.57 bits per heavy atom. The van der Waals surface area contributed by atoms with E-state index in [1.807, 2.05) is 53.8 Å². The van der Waals surface area contributed by atoms with E-state index in [-0.39, 0.29) is 11.8 Å². The molecule has 6 heteroatoms. The van der Waals surface area contributed by atoms with Gasteiger partial charge < -0.3 is 20.5 Å². The molecule has 0 aliphatic heterocycles. The average molecular weight is 316 g/mol. The number of hydrogen-bond donors (Lipinski definition) is 2. The summed E-state index contributed by atoms with van der Waals surface area (Å²) in [5.41, 5.74) is 7.22. The Kier molecular flexibility index (Phi) is 5.39. The maximum Gasteiger partial charge on any atom is 0.242 e. The second-order valence-corrected chi connectivity index (χ2v) is 5.56. The molecule has 0 radical (unpaired) electrons. The Morgan fingerprint density at radius 2 is 1.96 bits per heavy atom. The summed E-state index contributed by atoms with van der Waals surface area (Å²) in [6, 6.07) is 6.99. The lowest BCUT2D eigenvalue weighted by molar-refractivity contribution is -0.131. The summed E-state index contributed by atoms with van der Waals surface area (Å²) in [5, 5.41) is 3.74. The van der Waals surface area contributed by atoms with Gasteiger partial charge >= 0.3 is 0 Å². The fourth-order valence-electron chi connectivity index (χ4n) is 2.49. The van der Waals surface area contributed by atoms with Gasteiger partial charge in [0.25, 0.3) is 0 Å². The summed E-state index contributed by atoms with van der Waals surface area (Å²) in [7, 11) is 0. The van der Waals surface area contributed by atoms with Gasteiger partial charge in [0.1, 0.15) is 6.54 Å². The summed E-state index contributed by atoms with van der Waals surface area (Å²) in [6.07, 6.45) is 1.89. The predicted octanol–water partition coefficient (Wildman–Crippen LogP) is 1.80. The van der Waals surface area contributed by atoms with Crippen molar-refractivity contribution in [2.45, 2.75) is 33.4 Å². The van der Waals surface area contributed by atoms with Crippen molar-refractivity contribution in [1.82, 2.24) is 9.47 Å². The van der Waals surface area contributed by atoms with Crippen LogP contribution in [0.3, 0.4) is 0 Å². The Labute approximate surface area is 136 Å². The topological polar surface area (TPSA) is 80.4 Å². The van der Waals surface area contributed by atoms with Crippen LogP contribution in [0.25, 0.3) is 10.9 Å². The van der Waals surface area contributed by atoms with Crippen molar-refractivity contribution in [2.75, 3.05) is 18.4 Å². The van der Waals surface area contributed by atoms with Gasteiger partial charge in [0, 0.05) is 35.9 Å². The van der Waals surface area contributed by atoms with Crippen molar-refractivity contribution in [3.63, 3.8) is 0 Å². The summed E-state index contributed by atoms with van der Waals surface area (Å²) < 4.78 is 1.92. The molecule has 1 aromatic carbocycles. The largest absolute Gasteiger partial charge is 0.342 e. The summed E-state index contributed by atoms with van der Waals surface area (Å²) in [6.45, 7) is 7.33. The maximum atomic E-state index is 12.2. The molecule has 0 saturated heterocycles. The first-order chi connectivity index (χ1) is 11.0. The molecule has 0 saturated carbocycles. The number of rotatable bonds is 6. The van der Waals surface area contributed by atoms with Crippen LogP contribution in [0, 0.1) is 0 Å². The molecule has 0 unspecified atom stereocenters. The van der Waals surface area contributed by atoms with Crippen LogP contribution in [0.1, 0.15) is 20.8 Å². The monoisotopic (exact) mass is 316 g/mol. The van der Waals surface area contributed by atoms with Crippen LogP contribution >= 0.6 is 0 Å². The fraction of sp³-hybridized carbons (Fsp3) is 0.412. The number of carbonyl (C=O) groups excluding carboxylic acids is 2. The molecule has 6 nitrogen and oxygen atoms in total. The molecular formula is C17H24N4O2. The van der Waals surface area contributed by atoms with Crippen LogP contribution < -0.4 is 11.1 Å². The van der Waals surface area contributed by atoms with Gasteiger partial charge in [-0.05, 0) is 45.0 Å². The first-order valence-electron chi connectivity index (χ1n) is 7.89. The van der Waals surface area contributed by atoms with Crippen molar-refractivity contribution in [3.05, 3.63) is 30.5 Å². The number of fused-ring (bicyclic) bond motifs is 1. The lowest BCUT2D eigenvalue weighted by Gasteiger charge is -2.19. The van der Waals surface area contributed by atoms with Gasteiger partial charge in [-0.2, -0.15) is 0 Å². The third kappa shape index (κ3) is 3.90. The molecule has 2 amide bonds. The zero-order chi connectivity index (χ0) is 17.0. The molecule has 2 aromatic rings. The lowest BCUT2D eigenvalue weighted by Crippen LogP contribution is -2.33. The number of nitrogens with zero attached hydrogens (tertiary/aromatic N) is 2. The van der Waals surface area contributed by atoms with Crippen LogP contribution in [-0.2, 0) is 16.1 Å². The van der Waals surface area contributed by atoms with Gasteiger partial charge in [0.05, 0.1) is 6.04 Å². The van der Waals surface area contributed by atoms with Crippen LogP contribution in [0.2, 0.25) is 0 Å². The Hall–Kier alpha value is -2.34. The van der Waals surface area contributed by atoms with Gasteiger partial charge in [-0.3, -0.25) is 9.59 Å². The lowest BCUT2D eigenvalue weighted by atomic mass is 10.2. The highest BCUT2D eigenvalue weighted by Gasteiger charge is 2.12. The quantitative estimate of drug-likeness (QED) is 0.852. The molecule has 0 aliphatic carbocycles. The van der Waals surface area contributed by atoms with Crippen LogP contribution in [0.15, 0.2) is 30.5 Å². The molecule has 0 aliphatic rings. The molecule has 1 aromatic heterocycles. The number of aromatic nitrogens is 1. The highest BCUT2D eigenvalue weighted by Crippen LogP contribution is 2.21. The summed E-state index contributed by atoms with van der Waals surface area (Å²) >= 11 is 0. The highest BCUT2D eigenvalue weighted by atomic mass is 16.2. The van der Waals surface area contributed by atoms with E-state index in [9.17, 15) is 9.59 Å². The van der Waals surface area contributed by atoms with E-state index in [1.54, 1.807) is 6.92 Å². The molecule has 0 bridgehead atoms. The Morgan fingerprint density at radius 1 is 1.26 bits per heavy atom. The van der Waals surface area contributed by atoms with Gasteiger partial charge in [-0.1, -0.05) is 0 Å². The van der Waals surface area contributed by atoms with Crippen LogP contribution in [0.4, 0.5) is 5.69 Å². The minimum Gasteiger partial charge on any atom is -0.342 e. The number of nitrogens with two attached hydrogens (primary N) is 1. The van der Waals surface area contributed by atoms with E-state index < -0.39 is 6.04 Å². The summed E-state index contributed by atoms with van der Waals surface area (Å²) in [4.78, 5) is 25.7. The molecule has 1 atom stereocenters. The minimum atomic E-state index is -0.554. The fourth-order valence-corrected chi connectivity index (χ4v) is 2.49. The van der Waals surface area contributed by atoms with E-state index in [2.05, 4.69) is 5.32 Å². The number of anilines is 1. The molecule has 0 fully saturated rings. The molecule has 1 heterocycles. The standard InChI is InChI=1S/C17H24N4O2/c1-4-20(5-2)16(22)11-21-9-8-13-10-14(6-7-15(13)21)19-17(23)12(3)18/h6-10,12H,4-5,11,18H2,1-3H3,(H,19,23)/t12-/m1/s1. The van der Waals surface area contributed by atoms with Crippen molar-refractivity contribution in [3.8, 4) is 0 Å². The number of benzene rings is 1. The number of carbonyl (C=O) groups is 2. The normalized spacial score (nSPS) is 12.2. The van der Waals surface area contributed by atoms with Crippen molar-refractivity contribution >= 4 is 28.4 Å². The van der Waals surface area contributed by atoms with E-state index >= 15 is 0 Å². The van der Waals surface area contributed by atoms with Gasteiger partial charge in [-0.25, -0.2) is 0 Å². The first-order valence-corrected chi connectivity index (χ1v) is 7.89. The van der Waals surface area contributed by atoms with E-state index in [1.165, 1.54) is 0 Å². The van der Waals surface area contributed by atoms with Crippen LogP contribution in [-0.4, -0.2) is 40.4 Å². The van der Waals surface area contributed by atoms with Gasteiger partial charge in [0.15, 0.2) is 0 Å². The van der Waals surface area contributed by atoms with E-state index in [0.29, 0.717) is 25.3 Å². The first kappa shape index (κ1) is 17.0. The van der Waals surface area contributed by atoms with E-state index in [4.69, 9.17) is 5.73 Å². The minimum absolute atomic E-state index is 0.0989. The second-order valence-electron chi connectivity index (χ2n) is 5.56.